The zero-order chi connectivity index (χ0) is 21.5. The Labute approximate surface area is 172 Å². The van der Waals surface area contributed by atoms with Crippen LogP contribution in [0.5, 0.6) is 0 Å². The van der Waals surface area contributed by atoms with Crippen molar-refractivity contribution in [3.05, 3.63) is 16.4 Å². The predicted molar refractivity (Wildman–Crippen MR) is 105 cm³/mol. The molecule has 1 aliphatic carbocycles. The number of hydrogen-bond donors (Lipinski definition) is 0. The summed E-state index contributed by atoms with van der Waals surface area (Å²) in [7, 11) is 0. The first-order chi connectivity index (χ1) is 14.3. The fourth-order valence-electron chi connectivity index (χ4n) is 4.74. The molecule has 30 heavy (non-hydrogen) atoms. The van der Waals surface area contributed by atoms with Gasteiger partial charge in [-0.3, -0.25) is 14.2 Å². The lowest BCUT2D eigenvalue weighted by molar-refractivity contribution is -0.153. The summed E-state index contributed by atoms with van der Waals surface area (Å²) in [4.78, 5) is 32.9. The number of anilines is 2. The number of ketones is 1. The Morgan fingerprint density at radius 2 is 1.97 bits per heavy atom. The molecule has 0 aromatic carbocycles. The minimum Gasteiger partial charge on any atom is -0.377 e. The van der Waals surface area contributed by atoms with Crippen molar-refractivity contribution in [3.63, 3.8) is 0 Å². The number of aromatic nitrogens is 2. The van der Waals surface area contributed by atoms with Crippen molar-refractivity contribution >= 4 is 17.5 Å². The molecular weight excluding hydrogens is 401 g/mol. The number of nitrogens with zero attached hydrogens (tertiary/aromatic N) is 4. The number of carbonyl (C=O) groups excluding carboxylic acids is 1. The topological polar surface area (TPSA) is 67.7 Å². The molecule has 1 aromatic rings. The van der Waals surface area contributed by atoms with E-state index in [1.165, 1.54) is 10.6 Å². The van der Waals surface area contributed by atoms with Crippen LogP contribution in [0.4, 0.5) is 24.9 Å². The summed E-state index contributed by atoms with van der Waals surface area (Å²) >= 11 is 0. The Hall–Kier alpha value is -2.10. The molecule has 2 atom stereocenters. The Morgan fingerprint density at radius 1 is 1.23 bits per heavy atom. The third-order valence-electron chi connectivity index (χ3n) is 6.41. The molecule has 2 fully saturated rings. The van der Waals surface area contributed by atoms with E-state index < -0.39 is 17.8 Å². The third-order valence-corrected chi connectivity index (χ3v) is 6.41. The second-order valence-corrected chi connectivity index (χ2v) is 8.44. The highest BCUT2D eigenvalue weighted by molar-refractivity contribution is 5.85. The molecule has 0 radical (unpaired) electrons. The normalized spacial score (nSPS) is 25.5. The molecular formula is C20H27F3N4O3. The molecule has 7 nitrogen and oxygen atoms in total. The van der Waals surface area contributed by atoms with E-state index in [2.05, 4.69) is 4.98 Å². The van der Waals surface area contributed by atoms with Crippen LogP contribution in [0.2, 0.25) is 0 Å². The molecule has 10 heteroatoms. The molecule has 1 saturated carbocycles. The lowest BCUT2D eigenvalue weighted by Gasteiger charge is -2.40. The molecule has 0 bridgehead atoms. The van der Waals surface area contributed by atoms with E-state index in [0.717, 1.165) is 30.6 Å². The van der Waals surface area contributed by atoms with Gasteiger partial charge >= 0.3 is 6.18 Å². The summed E-state index contributed by atoms with van der Waals surface area (Å²) in [5.41, 5.74) is -0.396. The average molecular weight is 428 g/mol. The van der Waals surface area contributed by atoms with Crippen molar-refractivity contribution in [2.45, 2.75) is 63.8 Å². The van der Waals surface area contributed by atoms with Crippen LogP contribution in [0.15, 0.2) is 10.9 Å². The number of carbonyl (C=O) groups is 1. The van der Waals surface area contributed by atoms with Gasteiger partial charge in [0.25, 0.3) is 5.56 Å². The van der Waals surface area contributed by atoms with Gasteiger partial charge in [0.15, 0.2) is 5.78 Å². The summed E-state index contributed by atoms with van der Waals surface area (Å²) in [6.07, 6.45) is -1.51. The van der Waals surface area contributed by atoms with Crippen LogP contribution in [0, 0.1) is 5.92 Å². The maximum Gasteiger partial charge on any atom is 0.408 e. The molecule has 1 saturated heterocycles. The van der Waals surface area contributed by atoms with Gasteiger partial charge < -0.3 is 14.5 Å². The highest BCUT2D eigenvalue weighted by atomic mass is 19.4. The standard InChI is InChI=1S/C20H27F3N4O3/c1-13-12-30-9-8-25(13)17-10-18(29)26-7-6-16(20(21,22)23)27(19(26)24-17)11-15(28)14-4-2-3-5-14/h10,13-14,16H,2-9,11-12H2,1H3/t13-,16+/m1/s1. The van der Waals surface area contributed by atoms with Gasteiger partial charge in [0.05, 0.1) is 25.8 Å². The lowest BCUT2D eigenvalue weighted by atomic mass is 10.0. The molecule has 3 heterocycles. The smallest absolute Gasteiger partial charge is 0.377 e. The fraction of sp³-hybridized carbons (Fsp3) is 0.750. The molecule has 4 rings (SSSR count). The molecule has 0 unspecified atom stereocenters. The summed E-state index contributed by atoms with van der Waals surface area (Å²) in [5.74, 6) is -0.127. The Kier molecular flexibility index (Phi) is 5.78. The number of halogens is 3. The number of alkyl halides is 3. The van der Waals surface area contributed by atoms with Gasteiger partial charge in [-0.2, -0.15) is 18.2 Å². The SMILES string of the molecule is C[C@@H]1COCCN1c1cc(=O)n2c(n1)N(CC(=O)C1CCCC1)[C@H](C(F)(F)F)CC2. The van der Waals surface area contributed by atoms with Crippen molar-refractivity contribution in [1.82, 2.24) is 9.55 Å². The van der Waals surface area contributed by atoms with E-state index in [1.807, 2.05) is 11.8 Å². The number of morpholine rings is 1. The van der Waals surface area contributed by atoms with E-state index in [9.17, 15) is 22.8 Å². The molecule has 0 N–H and O–H groups in total. The quantitative estimate of drug-likeness (QED) is 0.734. The van der Waals surface area contributed by atoms with Gasteiger partial charge in [-0.15, -0.1) is 0 Å². The van der Waals surface area contributed by atoms with Crippen molar-refractivity contribution in [2.75, 3.05) is 36.1 Å². The predicted octanol–water partition coefficient (Wildman–Crippen LogP) is 2.37. The van der Waals surface area contributed by atoms with Crippen molar-refractivity contribution < 1.29 is 22.7 Å². The van der Waals surface area contributed by atoms with Gasteiger partial charge in [-0.05, 0) is 26.2 Å². The van der Waals surface area contributed by atoms with Gasteiger partial charge in [0.2, 0.25) is 5.95 Å². The van der Waals surface area contributed by atoms with Crippen LogP contribution in [0.1, 0.15) is 39.0 Å². The molecule has 0 spiro atoms. The number of rotatable bonds is 4. The third kappa shape index (κ3) is 4.06. The van der Waals surface area contributed by atoms with Crippen LogP contribution >= 0.6 is 0 Å². The first-order valence-corrected chi connectivity index (χ1v) is 10.6. The molecule has 166 valence electrons. The monoisotopic (exact) mass is 428 g/mol. The minimum absolute atomic E-state index is 0.0516. The van der Waals surface area contributed by atoms with Crippen molar-refractivity contribution in [1.29, 1.82) is 0 Å². The first-order valence-electron chi connectivity index (χ1n) is 10.6. The minimum atomic E-state index is -4.51. The lowest BCUT2D eigenvalue weighted by Crippen LogP contribution is -2.55. The maximum atomic E-state index is 13.8. The maximum absolute atomic E-state index is 13.8. The highest BCUT2D eigenvalue weighted by Crippen LogP contribution is 2.35. The van der Waals surface area contributed by atoms with E-state index in [4.69, 9.17) is 4.74 Å². The van der Waals surface area contributed by atoms with Gasteiger partial charge in [0, 0.05) is 25.1 Å². The molecule has 2 aliphatic heterocycles. The zero-order valence-electron chi connectivity index (χ0n) is 17.0. The number of Topliss-reactive ketones (excluding diaryl/α,β-unsaturated/α-hetero) is 1. The second kappa shape index (κ2) is 8.20. The second-order valence-electron chi connectivity index (χ2n) is 8.44. The van der Waals surface area contributed by atoms with Crippen LogP contribution < -0.4 is 15.4 Å². The van der Waals surface area contributed by atoms with E-state index in [0.29, 0.717) is 25.6 Å². The highest BCUT2D eigenvalue weighted by Gasteiger charge is 2.48. The average Bonchev–Trinajstić information content (AvgIpc) is 3.23. The Morgan fingerprint density at radius 3 is 2.63 bits per heavy atom. The molecule has 1 aromatic heterocycles. The number of fused-ring (bicyclic) bond motifs is 1. The van der Waals surface area contributed by atoms with E-state index in [-0.39, 0.29) is 43.2 Å². The summed E-state index contributed by atoms with van der Waals surface area (Å²) < 4.78 is 48.2. The van der Waals surface area contributed by atoms with Gasteiger partial charge in [-0.1, -0.05) is 12.8 Å². The Bertz CT molecular complexity index is 851. The van der Waals surface area contributed by atoms with Crippen molar-refractivity contribution in [3.8, 4) is 0 Å². The van der Waals surface area contributed by atoms with Gasteiger partial charge in [-0.25, -0.2) is 0 Å². The van der Waals surface area contributed by atoms with Crippen molar-refractivity contribution in [2.24, 2.45) is 5.92 Å². The fourth-order valence-corrected chi connectivity index (χ4v) is 4.74. The molecule has 3 aliphatic rings. The Balaban J connectivity index is 1.72. The largest absolute Gasteiger partial charge is 0.408 e. The van der Waals surface area contributed by atoms with Crippen LogP contribution in [0.3, 0.4) is 0 Å². The van der Waals surface area contributed by atoms with E-state index in [1.54, 1.807) is 0 Å². The zero-order valence-corrected chi connectivity index (χ0v) is 17.0. The van der Waals surface area contributed by atoms with Crippen LogP contribution in [0.25, 0.3) is 0 Å². The van der Waals surface area contributed by atoms with Crippen LogP contribution in [-0.2, 0) is 16.1 Å². The number of ether oxygens (including phenoxy) is 1. The first kappa shape index (κ1) is 21.1. The summed E-state index contributed by atoms with van der Waals surface area (Å²) in [6, 6.07) is -0.507. The summed E-state index contributed by atoms with van der Waals surface area (Å²) in [6.45, 7) is 2.88. The van der Waals surface area contributed by atoms with Gasteiger partial charge in [0.1, 0.15) is 11.9 Å². The summed E-state index contributed by atoms with van der Waals surface area (Å²) in [5, 5.41) is 0. The van der Waals surface area contributed by atoms with Crippen LogP contribution in [-0.4, -0.2) is 59.9 Å². The number of hydrogen-bond acceptors (Lipinski definition) is 6. The van der Waals surface area contributed by atoms with E-state index >= 15 is 0 Å². The molecule has 0 amide bonds.